The van der Waals surface area contributed by atoms with Crippen molar-refractivity contribution < 1.29 is 18.7 Å². The Labute approximate surface area is 126 Å². The first-order chi connectivity index (χ1) is 10.0. The molecule has 110 valence electrons. The highest BCUT2D eigenvalue weighted by Crippen LogP contribution is 2.29. The summed E-state index contributed by atoms with van der Waals surface area (Å²) in [5, 5.41) is 0.216. The normalized spacial score (nSPS) is 10.2. The summed E-state index contributed by atoms with van der Waals surface area (Å²) in [5.41, 5.74) is 6.34. The molecule has 2 aromatic carbocycles. The van der Waals surface area contributed by atoms with E-state index in [1.165, 1.54) is 31.4 Å². The smallest absolute Gasteiger partial charge is 0.342 e. The molecule has 0 aliphatic heterocycles. The number of esters is 1. The maximum absolute atomic E-state index is 13.5. The van der Waals surface area contributed by atoms with E-state index < -0.39 is 11.8 Å². The quantitative estimate of drug-likeness (QED) is 0.694. The Balaban J connectivity index is 2.17. The van der Waals surface area contributed by atoms with Crippen molar-refractivity contribution in [2.75, 3.05) is 12.8 Å². The minimum absolute atomic E-state index is 0.132. The van der Waals surface area contributed by atoms with Gasteiger partial charge in [-0.2, -0.15) is 0 Å². The van der Waals surface area contributed by atoms with Crippen LogP contribution in [0.15, 0.2) is 36.4 Å². The van der Waals surface area contributed by atoms with E-state index in [0.717, 1.165) is 0 Å². The van der Waals surface area contributed by atoms with Gasteiger partial charge in [-0.1, -0.05) is 29.8 Å². The average molecular weight is 310 g/mol. The van der Waals surface area contributed by atoms with Gasteiger partial charge in [0.25, 0.3) is 0 Å². The zero-order chi connectivity index (χ0) is 15.4. The first kappa shape index (κ1) is 15.1. The highest BCUT2D eigenvalue weighted by Gasteiger charge is 2.17. The largest absolute Gasteiger partial charge is 0.496 e. The number of hydrogen-bond acceptors (Lipinski definition) is 4. The summed E-state index contributed by atoms with van der Waals surface area (Å²) in [5.74, 6) is -0.861. The van der Waals surface area contributed by atoms with E-state index in [1.54, 1.807) is 12.1 Å². The maximum atomic E-state index is 13.5. The predicted molar refractivity (Wildman–Crippen MR) is 77.9 cm³/mol. The van der Waals surface area contributed by atoms with Crippen LogP contribution in [0.4, 0.5) is 10.1 Å². The standard InChI is InChI=1S/C15H13ClFNO3/c1-20-14-7-13(18)11(16)6-10(14)15(19)21-8-9-4-2-3-5-12(9)17/h2-7H,8,18H2,1H3. The monoisotopic (exact) mass is 309 g/mol. The van der Waals surface area contributed by atoms with Crippen molar-refractivity contribution in [1.82, 2.24) is 0 Å². The van der Waals surface area contributed by atoms with Gasteiger partial charge >= 0.3 is 5.97 Å². The predicted octanol–water partition coefficient (Wildman–Crippen LogP) is 3.43. The van der Waals surface area contributed by atoms with E-state index in [-0.39, 0.29) is 28.5 Å². The molecule has 0 spiro atoms. The summed E-state index contributed by atoms with van der Waals surface area (Å²) >= 11 is 5.88. The van der Waals surface area contributed by atoms with Gasteiger partial charge in [-0.3, -0.25) is 0 Å². The fourth-order valence-corrected chi connectivity index (χ4v) is 1.90. The molecule has 0 unspecified atom stereocenters. The van der Waals surface area contributed by atoms with Gasteiger partial charge in [0, 0.05) is 11.6 Å². The van der Waals surface area contributed by atoms with E-state index in [1.807, 2.05) is 0 Å². The Morgan fingerprint density at radius 1 is 1.33 bits per heavy atom. The van der Waals surface area contributed by atoms with Crippen molar-refractivity contribution in [3.05, 3.63) is 58.4 Å². The minimum Gasteiger partial charge on any atom is -0.496 e. The first-order valence-corrected chi connectivity index (χ1v) is 6.44. The van der Waals surface area contributed by atoms with Crippen LogP contribution in [0.25, 0.3) is 0 Å². The lowest BCUT2D eigenvalue weighted by atomic mass is 10.2. The molecule has 0 aromatic heterocycles. The van der Waals surface area contributed by atoms with Crippen LogP contribution in [0.3, 0.4) is 0 Å². The van der Waals surface area contributed by atoms with Crippen LogP contribution in [0.5, 0.6) is 5.75 Å². The maximum Gasteiger partial charge on any atom is 0.342 e. The third kappa shape index (κ3) is 3.44. The van der Waals surface area contributed by atoms with Crippen molar-refractivity contribution in [3.8, 4) is 5.75 Å². The number of halogens is 2. The number of anilines is 1. The highest BCUT2D eigenvalue weighted by molar-refractivity contribution is 6.33. The second kappa shape index (κ2) is 6.45. The van der Waals surface area contributed by atoms with Gasteiger partial charge in [-0.25, -0.2) is 9.18 Å². The molecule has 0 heterocycles. The molecule has 4 nitrogen and oxygen atoms in total. The molecule has 0 aliphatic carbocycles. The molecule has 6 heteroatoms. The summed E-state index contributed by atoms with van der Waals surface area (Å²) in [7, 11) is 1.40. The number of ether oxygens (including phenoxy) is 2. The highest BCUT2D eigenvalue weighted by atomic mass is 35.5. The zero-order valence-corrected chi connectivity index (χ0v) is 12.0. The molecular weight excluding hydrogens is 297 g/mol. The molecule has 0 atom stereocenters. The van der Waals surface area contributed by atoms with E-state index in [9.17, 15) is 9.18 Å². The van der Waals surface area contributed by atoms with E-state index >= 15 is 0 Å². The fraction of sp³-hybridized carbons (Fsp3) is 0.133. The Morgan fingerprint density at radius 2 is 2.05 bits per heavy atom. The number of carbonyl (C=O) groups excluding carboxylic acids is 1. The number of rotatable bonds is 4. The number of benzene rings is 2. The summed E-state index contributed by atoms with van der Waals surface area (Å²) in [6.07, 6.45) is 0. The van der Waals surface area contributed by atoms with E-state index in [4.69, 9.17) is 26.8 Å². The first-order valence-electron chi connectivity index (χ1n) is 6.06. The molecule has 21 heavy (non-hydrogen) atoms. The molecule has 0 bridgehead atoms. The van der Waals surface area contributed by atoms with Gasteiger partial charge in [0.15, 0.2) is 0 Å². The van der Waals surface area contributed by atoms with Crippen molar-refractivity contribution in [2.24, 2.45) is 0 Å². The van der Waals surface area contributed by atoms with Gasteiger partial charge in [0.2, 0.25) is 0 Å². The SMILES string of the molecule is COc1cc(N)c(Cl)cc1C(=O)OCc1ccccc1F. The fourth-order valence-electron chi connectivity index (χ4n) is 1.73. The van der Waals surface area contributed by atoms with Crippen molar-refractivity contribution in [3.63, 3.8) is 0 Å². The molecule has 0 aliphatic rings. The molecule has 2 N–H and O–H groups in total. The lowest BCUT2D eigenvalue weighted by Gasteiger charge is -2.11. The zero-order valence-electron chi connectivity index (χ0n) is 11.2. The van der Waals surface area contributed by atoms with Gasteiger partial charge in [0.1, 0.15) is 23.7 Å². The Kier molecular flexibility index (Phi) is 4.65. The second-order valence-electron chi connectivity index (χ2n) is 4.24. The minimum atomic E-state index is -0.669. The van der Waals surface area contributed by atoms with Crippen LogP contribution in [0.1, 0.15) is 15.9 Å². The molecule has 0 saturated carbocycles. The number of hydrogen-bond donors (Lipinski definition) is 1. The third-order valence-corrected chi connectivity index (χ3v) is 3.18. The van der Waals surface area contributed by atoms with Crippen molar-refractivity contribution in [1.29, 1.82) is 0 Å². The van der Waals surface area contributed by atoms with Gasteiger partial charge in [-0.05, 0) is 12.1 Å². The lowest BCUT2D eigenvalue weighted by Crippen LogP contribution is -2.08. The summed E-state index contributed by atoms with van der Waals surface area (Å²) in [6.45, 7) is -0.184. The van der Waals surface area contributed by atoms with E-state index in [2.05, 4.69) is 0 Å². The van der Waals surface area contributed by atoms with Crippen LogP contribution < -0.4 is 10.5 Å². The van der Waals surface area contributed by atoms with Crippen LogP contribution in [0, 0.1) is 5.82 Å². The molecule has 0 fully saturated rings. The van der Waals surface area contributed by atoms with Gasteiger partial charge in [0.05, 0.1) is 17.8 Å². The Hall–Kier alpha value is -2.27. The van der Waals surface area contributed by atoms with Gasteiger partial charge in [-0.15, -0.1) is 0 Å². The van der Waals surface area contributed by atoms with Crippen LogP contribution >= 0.6 is 11.6 Å². The van der Waals surface area contributed by atoms with Crippen molar-refractivity contribution in [2.45, 2.75) is 6.61 Å². The van der Waals surface area contributed by atoms with Crippen LogP contribution in [-0.2, 0) is 11.3 Å². The van der Waals surface area contributed by atoms with Crippen LogP contribution in [-0.4, -0.2) is 13.1 Å². The lowest BCUT2D eigenvalue weighted by molar-refractivity contribution is 0.0465. The Morgan fingerprint density at radius 3 is 2.71 bits per heavy atom. The average Bonchev–Trinajstić information content (AvgIpc) is 2.48. The molecular formula is C15H13ClFNO3. The van der Waals surface area contributed by atoms with Gasteiger partial charge < -0.3 is 15.2 Å². The third-order valence-electron chi connectivity index (χ3n) is 2.86. The second-order valence-corrected chi connectivity index (χ2v) is 4.65. The van der Waals surface area contributed by atoms with E-state index in [0.29, 0.717) is 5.69 Å². The van der Waals surface area contributed by atoms with Crippen LogP contribution in [0.2, 0.25) is 5.02 Å². The summed E-state index contributed by atoms with van der Waals surface area (Å²) < 4.78 is 23.6. The summed E-state index contributed by atoms with van der Waals surface area (Å²) in [6, 6.07) is 8.84. The summed E-state index contributed by atoms with van der Waals surface area (Å²) in [4.78, 5) is 12.0. The topological polar surface area (TPSA) is 61.5 Å². The number of nitrogen functional groups attached to an aromatic ring is 1. The van der Waals surface area contributed by atoms with Crippen molar-refractivity contribution >= 4 is 23.3 Å². The molecule has 0 saturated heterocycles. The Bertz CT molecular complexity index is 676. The molecule has 0 amide bonds. The number of nitrogens with two attached hydrogens (primary N) is 1. The number of carbonyl (C=O) groups is 1. The number of methoxy groups -OCH3 is 1. The molecule has 2 aromatic rings. The molecule has 2 rings (SSSR count). The molecule has 0 radical (unpaired) electrons.